The van der Waals surface area contributed by atoms with Crippen molar-refractivity contribution in [2.75, 3.05) is 0 Å². The number of alkyl halides is 3. The van der Waals surface area contributed by atoms with Crippen molar-refractivity contribution in [3.8, 4) is 0 Å². The Labute approximate surface area is 129 Å². The van der Waals surface area contributed by atoms with Crippen LogP contribution in [-0.4, -0.2) is 16.4 Å². The third-order valence-electron chi connectivity index (χ3n) is 3.32. The van der Waals surface area contributed by atoms with Crippen LogP contribution in [0.15, 0.2) is 59.5 Å². The zero-order chi connectivity index (χ0) is 16.3. The van der Waals surface area contributed by atoms with E-state index in [1.807, 2.05) is 6.92 Å². The average molecular weight is 327 g/mol. The number of nitrogens with two attached hydrogens (primary N) is 1. The Morgan fingerprint density at radius 3 is 2.05 bits per heavy atom. The van der Waals surface area contributed by atoms with Gasteiger partial charge in [-0.25, -0.2) is 0 Å². The van der Waals surface area contributed by atoms with Gasteiger partial charge in [0.15, 0.2) is 0 Å². The van der Waals surface area contributed by atoms with Crippen LogP contribution in [0, 0.1) is 6.92 Å². The molecule has 2 nitrogen and oxygen atoms in total. The molecule has 6 heteroatoms. The maximum atomic E-state index is 13.1. The van der Waals surface area contributed by atoms with Gasteiger partial charge in [0.2, 0.25) is 0 Å². The Balaban J connectivity index is 2.44. The summed E-state index contributed by atoms with van der Waals surface area (Å²) in [6.45, 7) is 1.85. The van der Waals surface area contributed by atoms with Gasteiger partial charge in [-0.3, -0.25) is 4.21 Å². The minimum Gasteiger partial charge on any atom is -0.319 e. The molecule has 0 aliphatic carbocycles. The van der Waals surface area contributed by atoms with Crippen molar-refractivity contribution in [3.05, 3.63) is 65.7 Å². The first-order chi connectivity index (χ1) is 10.3. The van der Waals surface area contributed by atoms with E-state index in [1.54, 1.807) is 42.5 Å². The van der Waals surface area contributed by atoms with Crippen LogP contribution in [0.4, 0.5) is 13.2 Å². The third-order valence-corrected chi connectivity index (χ3v) is 5.08. The van der Waals surface area contributed by atoms with Crippen LogP contribution in [0.5, 0.6) is 0 Å². The Morgan fingerprint density at radius 2 is 1.55 bits per heavy atom. The summed E-state index contributed by atoms with van der Waals surface area (Å²) in [7, 11) is -1.90. The first-order valence-corrected chi connectivity index (χ1v) is 7.86. The number of hydrogen-bond acceptors (Lipinski definition) is 2. The molecule has 2 rings (SSSR count). The summed E-state index contributed by atoms with van der Waals surface area (Å²) in [4.78, 5) is 0.333. The van der Waals surface area contributed by atoms with Crippen LogP contribution in [0.1, 0.15) is 16.4 Å². The zero-order valence-corrected chi connectivity index (χ0v) is 12.7. The van der Waals surface area contributed by atoms with E-state index in [9.17, 15) is 17.4 Å². The first-order valence-electron chi connectivity index (χ1n) is 6.65. The summed E-state index contributed by atoms with van der Waals surface area (Å²) in [5.41, 5.74) is 6.63. The van der Waals surface area contributed by atoms with Gasteiger partial charge in [0.05, 0.1) is 16.0 Å². The maximum Gasteiger partial charge on any atom is 0.405 e. The van der Waals surface area contributed by atoms with Gasteiger partial charge >= 0.3 is 6.18 Å². The van der Waals surface area contributed by atoms with Gasteiger partial charge in [0.1, 0.15) is 6.04 Å². The van der Waals surface area contributed by atoms with Crippen molar-refractivity contribution in [1.82, 2.24) is 0 Å². The summed E-state index contributed by atoms with van der Waals surface area (Å²) in [6.07, 6.45) is -4.62. The highest BCUT2D eigenvalue weighted by atomic mass is 32.2. The Morgan fingerprint density at radius 1 is 1.00 bits per heavy atom. The summed E-state index contributed by atoms with van der Waals surface area (Å²) in [6, 6.07) is 12.3. The number of aryl methyl sites for hydroxylation is 1. The van der Waals surface area contributed by atoms with E-state index in [1.165, 1.54) is 12.1 Å². The van der Waals surface area contributed by atoms with E-state index in [2.05, 4.69) is 0 Å². The third kappa shape index (κ3) is 3.75. The Hall–Kier alpha value is -1.66. The van der Waals surface area contributed by atoms with Gasteiger partial charge in [-0.05, 0) is 24.6 Å². The SMILES string of the molecule is Cc1ccc([S@](=O)[C@@H](c2ccccc2)[C@@H](N)C(F)(F)F)cc1. The van der Waals surface area contributed by atoms with E-state index in [0.29, 0.717) is 10.5 Å². The topological polar surface area (TPSA) is 43.1 Å². The molecule has 22 heavy (non-hydrogen) atoms. The number of hydrogen-bond donors (Lipinski definition) is 1. The van der Waals surface area contributed by atoms with Gasteiger partial charge in [0, 0.05) is 4.90 Å². The van der Waals surface area contributed by atoms with E-state index in [-0.39, 0.29) is 0 Å². The smallest absolute Gasteiger partial charge is 0.319 e. The van der Waals surface area contributed by atoms with Gasteiger partial charge in [-0.15, -0.1) is 0 Å². The first kappa shape index (κ1) is 16.7. The van der Waals surface area contributed by atoms with Gasteiger partial charge < -0.3 is 5.73 Å². The molecule has 0 heterocycles. The quantitative estimate of drug-likeness (QED) is 0.930. The van der Waals surface area contributed by atoms with Gasteiger partial charge in [-0.2, -0.15) is 13.2 Å². The van der Waals surface area contributed by atoms with Gasteiger partial charge in [-0.1, -0.05) is 48.0 Å². The van der Waals surface area contributed by atoms with Crippen molar-refractivity contribution in [1.29, 1.82) is 0 Å². The molecule has 0 bridgehead atoms. The second-order valence-corrected chi connectivity index (χ2v) is 6.58. The molecule has 0 fully saturated rings. The fourth-order valence-electron chi connectivity index (χ4n) is 2.10. The normalized spacial score (nSPS) is 16.0. The van der Waals surface area contributed by atoms with Gasteiger partial charge in [0.25, 0.3) is 0 Å². The molecular formula is C16H16F3NOS. The molecule has 0 unspecified atom stereocenters. The molecule has 0 aliphatic rings. The lowest BCUT2D eigenvalue weighted by molar-refractivity contribution is -0.148. The van der Waals surface area contributed by atoms with E-state index < -0.39 is 28.3 Å². The van der Waals surface area contributed by atoms with Crippen LogP contribution < -0.4 is 5.73 Å². The highest BCUT2D eigenvalue weighted by Gasteiger charge is 2.45. The Kier molecular flexibility index (Phi) is 5.03. The summed E-state index contributed by atoms with van der Waals surface area (Å²) < 4.78 is 51.9. The zero-order valence-electron chi connectivity index (χ0n) is 11.9. The maximum absolute atomic E-state index is 13.1. The predicted molar refractivity (Wildman–Crippen MR) is 80.8 cm³/mol. The average Bonchev–Trinajstić information content (AvgIpc) is 2.48. The fraction of sp³-hybridized carbons (Fsp3) is 0.250. The number of halogens is 3. The molecule has 0 saturated heterocycles. The highest BCUT2D eigenvalue weighted by molar-refractivity contribution is 7.85. The molecule has 0 amide bonds. The largest absolute Gasteiger partial charge is 0.405 e. The summed E-state index contributed by atoms with van der Waals surface area (Å²) >= 11 is 0. The molecule has 3 atom stereocenters. The summed E-state index contributed by atoms with van der Waals surface area (Å²) in [5.74, 6) is 0. The lowest BCUT2D eigenvalue weighted by Crippen LogP contribution is -2.44. The van der Waals surface area contributed by atoms with Crippen molar-refractivity contribution >= 4 is 10.8 Å². The molecule has 0 aromatic heterocycles. The molecule has 2 aromatic carbocycles. The monoisotopic (exact) mass is 327 g/mol. The van der Waals surface area contributed by atoms with Crippen LogP contribution >= 0.6 is 0 Å². The molecule has 0 radical (unpaired) electrons. The molecule has 2 N–H and O–H groups in total. The molecule has 0 saturated carbocycles. The summed E-state index contributed by atoms with van der Waals surface area (Å²) in [5, 5.41) is -1.34. The number of rotatable bonds is 4. The fourth-order valence-corrected chi connectivity index (χ4v) is 3.62. The number of benzene rings is 2. The molecular weight excluding hydrogens is 311 g/mol. The highest BCUT2D eigenvalue weighted by Crippen LogP contribution is 2.35. The molecule has 0 aliphatic heterocycles. The van der Waals surface area contributed by atoms with Crippen LogP contribution in [0.2, 0.25) is 0 Å². The van der Waals surface area contributed by atoms with Crippen molar-refractivity contribution in [3.63, 3.8) is 0 Å². The predicted octanol–water partition coefficient (Wildman–Crippen LogP) is 3.73. The lowest BCUT2D eigenvalue weighted by Gasteiger charge is -2.25. The minimum absolute atomic E-state index is 0.311. The standard InChI is InChI=1S/C16H16F3NOS/c1-11-7-9-13(10-8-11)22(21)14(15(20)16(17,18)19)12-5-3-2-4-6-12/h2-10,14-15H,20H2,1H3/t14-,15+,22-/m0/s1. The molecule has 0 spiro atoms. The minimum atomic E-state index is -4.62. The van der Waals surface area contributed by atoms with Crippen LogP contribution in [0.3, 0.4) is 0 Å². The van der Waals surface area contributed by atoms with Crippen molar-refractivity contribution in [2.45, 2.75) is 29.3 Å². The van der Waals surface area contributed by atoms with E-state index >= 15 is 0 Å². The lowest BCUT2D eigenvalue weighted by atomic mass is 10.1. The Bertz CT molecular complexity index is 641. The van der Waals surface area contributed by atoms with Crippen molar-refractivity contribution < 1.29 is 17.4 Å². The van der Waals surface area contributed by atoms with Crippen molar-refractivity contribution in [2.24, 2.45) is 5.73 Å². The second-order valence-electron chi connectivity index (χ2n) is 5.01. The van der Waals surface area contributed by atoms with Crippen LogP contribution in [0.25, 0.3) is 0 Å². The molecule has 2 aromatic rings. The van der Waals surface area contributed by atoms with E-state index in [0.717, 1.165) is 5.56 Å². The second kappa shape index (κ2) is 6.62. The molecule has 118 valence electrons. The van der Waals surface area contributed by atoms with Crippen LogP contribution in [-0.2, 0) is 10.8 Å². The van der Waals surface area contributed by atoms with E-state index in [4.69, 9.17) is 5.73 Å².